The van der Waals surface area contributed by atoms with Crippen LogP contribution in [0.25, 0.3) is 0 Å². The Morgan fingerprint density at radius 3 is 1.25 bits per heavy atom. The van der Waals surface area contributed by atoms with Crippen molar-refractivity contribution in [3.05, 3.63) is 106 Å². The number of hydrogen-bond acceptors (Lipinski definition) is 2. The van der Waals surface area contributed by atoms with E-state index in [2.05, 4.69) is 23.7 Å². The smallest absolute Gasteiger partial charge is 0.253 e. The van der Waals surface area contributed by atoms with Gasteiger partial charge in [0.1, 0.15) is 0 Å². The van der Waals surface area contributed by atoms with E-state index in [1.54, 1.807) is 0 Å². The zero-order chi connectivity index (χ0) is 19.9. The molecule has 0 aliphatic heterocycles. The molecule has 0 saturated carbocycles. The molecule has 0 atom stereocenters. The molecule has 0 aliphatic rings. The fourth-order valence-corrected chi connectivity index (χ4v) is 2.77. The lowest BCUT2D eigenvalue weighted by atomic mass is 9.99. The third-order valence-corrected chi connectivity index (χ3v) is 4.22. The zero-order valence-electron chi connectivity index (χ0n) is 14.5. The lowest BCUT2D eigenvalue weighted by molar-refractivity contribution is 0.107. The van der Waals surface area contributed by atoms with Gasteiger partial charge in [0.2, 0.25) is 0 Å². The molecule has 0 spiro atoms. The first-order chi connectivity index (χ1) is 13.5. The van der Waals surface area contributed by atoms with Crippen LogP contribution in [0, 0.1) is 23.7 Å². The predicted molar refractivity (Wildman–Crippen MR) is 112 cm³/mol. The van der Waals surface area contributed by atoms with E-state index in [0.717, 1.165) is 11.1 Å². The van der Waals surface area contributed by atoms with Crippen LogP contribution in [-0.2, 0) is 0 Å². The first kappa shape index (κ1) is 19.5. The normalized spacial score (nSPS) is 9.50. The van der Waals surface area contributed by atoms with Gasteiger partial charge in [-0.05, 0) is 59.6 Å². The van der Waals surface area contributed by atoms with Gasteiger partial charge in [0.05, 0.1) is 11.1 Å². The minimum Gasteiger partial charge on any atom is -0.276 e. The van der Waals surface area contributed by atoms with Gasteiger partial charge in [-0.25, -0.2) is 0 Å². The van der Waals surface area contributed by atoms with Crippen molar-refractivity contribution in [2.75, 3.05) is 0 Å². The first-order valence-corrected chi connectivity index (χ1v) is 9.02. The summed E-state index contributed by atoms with van der Waals surface area (Å²) < 4.78 is 0. The van der Waals surface area contributed by atoms with E-state index in [4.69, 9.17) is 23.2 Å². The molecule has 0 fully saturated rings. The van der Waals surface area contributed by atoms with Crippen LogP contribution in [0.3, 0.4) is 0 Å². The molecule has 0 bridgehead atoms. The highest BCUT2D eigenvalue weighted by Crippen LogP contribution is 2.20. The minimum absolute atomic E-state index is 0.170. The summed E-state index contributed by atoms with van der Waals surface area (Å²) in [5.41, 5.74) is 2.51. The van der Waals surface area contributed by atoms with E-state index in [1.165, 1.54) is 12.1 Å². The van der Waals surface area contributed by atoms with Gasteiger partial charge >= 0.3 is 0 Å². The third kappa shape index (κ3) is 4.90. The molecular formula is C24H12Cl2O2. The number of carbonyl (C=O) groups excluding carboxylic acids is 2. The number of rotatable bonds is 2. The topological polar surface area (TPSA) is 34.1 Å². The van der Waals surface area contributed by atoms with Crippen LogP contribution in [0.4, 0.5) is 0 Å². The van der Waals surface area contributed by atoms with Crippen LogP contribution in [0.15, 0.2) is 72.8 Å². The molecular weight excluding hydrogens is 391 g/mol. The van der Waals surface area contributed by atoms with Crippen molar-refractivity contribution in [2.24, 2.45) is 0 Å². The second-order valence-corrected chi connectivity index (χ2v) is 6.41. The maximum Gasteiger partial charge on any atom is 0.253 e. The van der Waals surface area contributed by atoms with Crippen molar-refractivity contribution in [1.29, 1.82) is 0 Å². The Kier molecular flexibility index (Phi) is 6.30. The molecule has 0 amide bonds. The largest absolute Gasteiger partial charge is 0.276 e. The lowest BCUT2D eigenvalue weighted by Gasteiger charge is -2.05. The van der Waals surface area contributed by atoms with Crippen LogP contribution in [0.5, 0.6) is 0 Å². The first-order valence-electron chi connectivity index (χ1n) is 8.26. The van der Waals surface area contributed by atoms with E-state index in [1.807, 2.05) is 60.7 Å². The van der Waals surface area contributed by atoms with Crippen LogP contribution >= 0.6 is 23.2 Å². The fourth-order valence-electron chi connectivity index (χ4n) is 2.45. The Balaban J connectivity index is 2.12. The zero-order valence-corrected chi connectivity index (χ0v) is 16.0. The highest BCUT2D eigenvalue weighted by Gasteiger charge is 2.16. The maximum atomic E-state index is 11.9. The summed E-state index contributed by atoms with van der Waals surface area (Å²) in [6.07, 6.45) is 0. The molecule has 0 N–H and O–H groups in total. The molecule has 3 aromatic carbocycles. The molecule has 0 aliphatic carbocycles. The number of halogens is 2. The summed E-state index contributed by atoms with van der Waals surface area (Å²) in [6, 6.07) is 21.4. The van der Waals surface area contributed by atoms with Crippen LogP contribution in [0.2, 0.25) is 0 Å². The number of carbonyl (C=O) groups is 2. The van der Waals surface area contributed by atoms with Gasteiger partial charge in [0, 0.05) is 22.3 Å². The Labute approximate surface area is 173 Å². The summed E-state index contributed by atoms with van der Waals surface area (Å²) in [5, 5.41) is -1.37. The molecule has 2 nitrogen and oxygen atoms in total. The molecule has 3 aromatic rings. The minimum atomic E-state index is -0.686. The maximum absolute atomic E-state index is 11.9. The van der Waals surface area contributed by atoms with E-state index < -0.39 is 10.5 Å². The summed E-state index contributed by atoms with van der Waals surface area (Å²) in [6.45, 7) is 0. The van der Waals surface area contributed by atoms with Gasteiger partial charge in [0.15, 0.2) is 0 Å². The van der Waals surface area contributed by atoms with E-state index in [0.29, 0.717) is 11.1 Å². The molecule has 4 heteroatoms. The highest BCUT2D eigenvalue weighted by molar-refractivity contribution is 6.69. The average molecular weight is 403 g/mol. The Hall–Kier alpha value is -3.30. The van der Waals surface area contributed by atoms with Gasteiger partial charge in [0.25, 0.3) is 10.5 Å². The van der Waals surface area contributed by atoms with Crippen LogP contribution in [-0.4, -0.2) is 10.5 Å². The quantitative estimate of drug-likeness (QED) is 0.433. The van der Waals surface area contributed by atoms with E-state index in [9.17, 15) is 9.59 Å². The van der Waals surface area contributed by atoms with Crippen molar-refractivity contribution < 1.29 is 9.59 Å². The van der Waals surface area contributed by atoms with E-state index >= 15 is 0 Å². The molecule has 28 heavy (non-hydrogen) atoms. The van der Waals surface area contributed by atoms with Crippen LogP contribution < -0.4 is 0 Å². The number of benzene rings is 3. The summed E-state index contributed by atoms with van der Waals surface area (Å²) in [7, 11) is 0. The van der Waals surface area contributed by atoms with Crippen molar-refractivity contribution in [3.8, 4) is 23.7 Å². The molecule has 0 saturated heterocycles. The Morgan fingerprint density at radius 1 is 0.571 bits per heavy atom. The van der Waals surface area contributed by atoms with Gasteiger partial charge in [-0.3, -0.25) is 9.59 Å². The molecule has 134 valence electrons. The second-order valence-electron chi connectivity index (χ2n) is 5.72. The van der Waals surface area contributed by atoms with Gasteiger partial charge < -0.3 is 0 Å². The van der Waals surface area contributed by atoms with Gasteiger partial charge in [-0.15, -0.1) is 0 Å². The summed E-state index contributed by atoms with van der Waals surface area (Å²) in [4.78, 5) is 23.8. The summed E-state index contributed by atoms with van der Waals surface area (Å²) >= 11 is 11.5. The predicted octanol–water partition coefficient (Wildman–Crippen LogP) is 5.24. The molecule has 3 rings (SSSR count). The number of hydrogen-bond donors (Lipinski definition) is 0. The fraction of sp³-hybridized carbons (Fsp3) is 0. The third-order valence-electron chi connectivity index (χ3n) is 3.81. The van der Waals surface area contributed by atoms with Crippen molar-refractivity contribution in [1.82, 2.24) is 0 Å². The van der Waals surface area contributed by atoms with Crippen molar-refractivity contribution in [3.63, 3.8) is 0 Å². The van der Waals surface area contributed by atoms with Gasteiger partial charge in [-0.2, -0.15) is 0 Å². The van der Waals surface area contributed by atoms with E-state index in [-0.39, 0.29) is 11.1 Å². The SMILES string of the molecule is O=C(Cl)c1cc(C#Cc2ccccc2)c(C(=O)Cl)cc1C#Cc1ccccc1. The average Bonchev–Trinajstić information content (AvgIpc) is 2.71. The highest BCUT2D eigenvalue weighted by atomic mass is 35.5. The second kappa shape index (κ2) is 9.07. The lowest BCUT2D eigenvalue weighted by Crippen LogP contribution is -2.02. The van der Waals surface area contributed by atoms with Crippen molar-refractivity contribution in [2.45, 2.75) is 0 Å². The molecule has 0 heterocycles. The van der Waals surface area contributed by atoms with Crippen LogP contribution in [0.1, 0.15) is 43.0 Å². The van der Waals surface area contributed by atoms with Gasteiger partial charge in [-0.1, -0.05) is 60.1 Å². The molecule has 0 aromatic heterocycles. The molecule has 0 unspecified atom stereocenters. The Morgan fingerprint density at radius 2 is 0.929 bits per heavy atom. The van der Waals surface area contributed by atoms with Crippen molar-refractivity contribution >= 4 is 33.7 Å². The standard InChI is InChI=1S/C24H12Cl2O2/c25-23(27)21-16-20(14-12-18-9-5-2-6-10-18)22(24(26)28)15-19(21)13-11-17-7-3-1-4-8-17/h1-10,15-16H. The monoisotopic (exact) mass is 402 g/mol. The Bertz CT molecular complexity index is 1060. The molecule has 0 radical (unpaired) electrons. The summed E-state index contributed by atoms with van der Waals surface area (Å²) in [5.74, 6) is 11.7.